The first-order chi connectivity index (χ1) is 10.6. The molecule has 0 bridgehead atoms. The van der Waals surface area contributed by atoms with E-state index < -0.39 is 10.0 Å². The van der Waals surface area contributed by atoms with Crippen LogP contribution in [0.3, 0.4) is 0 Å². The van der Waals surface area contributed by atoms with Gasteiger partial charge in [0.25, 0.3) is 0 Å². The van der Waals surface area contributed by atoms with Crippen LogP contribution in [0.2, 0.25) is 0 Å². The summed E-state index contributed by atoms with van der Waals surface area (Å²) in [6.45, 7) is 4.43. The molecule has 0 aliphatic carbocycles. The lowest BCUT2D eigenvalue weighted by atomic mass is 9.95. The van der Waals surface area contributed by atoms with E-state index in [9.17, 15) is 8.42 Å². The van der Waals surface area contributed by atoms with Crippen molar-refractivity contribution in [1.29, 1.82) is 0 Å². The molecule has 124 valence electrons. The van der Waals surface area contributed by atoms with Crippen LogP contribution in [0.1, 0.15) is 38.2 Å². The van der Waals surface area contributed by atoms with Crippen molar-refractivity contribution in [2.24, 2.45) is 5.92 Å². The number of sulfonamides is 1. The Morgan fingerprint density at radius 2 is 1.82 bits per heavy atom. The van der Waals surface area contributed by atoms with E-state index in [1.807, 2.05) is 19.2 Å². The van der Waals surface area contributed by atoms with Crippen LogP contribution in [0.25, 0.3) is 0 Å². The normalized spacial score (nSPS) is 17.7. The zero-order chi connectivity index (χ0) is 16.0. The molecule has 0 spiro atoms. The number of benzene rings is 1. The Balaban J connectivity index is 1.99. The van der Waals surface area contributed by atoms with Crippen LogP contribution in [0.15, 0.2) is 29.2 Å². The first-order valence-electron chi connectivity index (χ1n) is 8.31. The van der Waals surface area contributed by atoms with Crippen molar-refractivity contribution in [3.8, 4) is 0 Å². The van der Waals surface area contributed by atoms with E-state index in [1.54, 1.807) is 16.4 Å². The number of nitrogens with zero attached hydrogens (tertiary/aromatic N) is 1. The maximum atomic E-state index is 12.7. The molecule has 4 nitrogen and oxygen atoms in total. The molecule has 5 heteroatoms. The Labute approximate surface area is 135 Å². The van der Waals surface area contributed by atoms with E-state index in [2.05, 4.69) is 12.2 Å². The molecule has 2 rings (SSSR count). The largest absolute Gasteiger partial charge is 0.320 e. The summed E-state index contributed by atoms with van der Waals surface area (Å²) in [4.78, 5) is 0.432. The molecule has 1 heterocycles. The van der Waals surface area contributed by atoms with Gasteiger partial charge in [-0.1, -0.05) is 25.5 Å². The van der Waals surface area contributed by atoms with Crippen LogP contribution in [-0.4, -0.2) is 39.4 Å². The number of rotatable bonds is 7. The fourth-order valence-corrected chi connectivity index (χ4v) is 4.52. The van der Waals surface area contributed by atoms with Gasteiger partial charge in [-0.15, -0.1) is 0 Å². The van der Waals surface area contributed by atoms with Crippen molar-refractivity contribution in [1.82, 2.24) is 9.62 Å². The molecule has 1 saturated heterocycles. The minimum Gasteiger partial charge on any atom is -0.320 e. The SMILES string of the molecule is CCCc1ccc(S(=O)(=O)N2CCC(CCNC)CC2)cc1. The summed E-state index contributed by atoms with van der Waals surface area (Å²) in [6, 6.07) is 7.40. The van der Waals surface area contributed by atoms with Crippen molar-refractivity contribution in [3.63, 3.8) is 0 Å². The monoisotopic (exact) mass is 324 g/mol. The number of hydrogen-bond donors (Lipinski definition) is 1. The number of hydrogen-bond acceptors (Lipinski definition) is 3. The molecule has 1 fully saturated rings. The number of nitrogens with one attached hydrogen (secondary N) is 1. The highest BCUT2D eigenvalue weighted by molar-refractivity contribution is 7.89. The minimum atomic E-state index is -3.32. The molecular formula is C17H28N2O2S. The smallest absolute Gasteiger partial charge is 0.243 e. The van der Waals surface area contributed by atoms with Crippen molar-refractivity contribution in [2.45, 2.75) is 43.9 Å². The van der Waals surface area contributed by atoms with Crippen LogP contribution < -0.4 is 5.32 Å². The van der Waals surface area contributed by atoms with E-state index in [-0.39, 0.29) is 0 Å². The zero-order valence-corrected chi connectivity index (χ0v) is 14.5. The highest BCUT2D eigenvalue weighted by Gasteiger charge is 2.28. The van der Waals surface area contributed by atoms with Gasteiger partial charge in [-0.25, -0.2) is 8.42 Å². The second-order valence-electron chi connectivity index (χ2n) is 6.13. The quantitative estimate of drug-likeness (QED) is 0.839. The van der Waals surface area contributed by atoms with Gasteiger partial charge in [-0.2, -0.15) is 4.31 Å². The van der Waals surface area contributed by atoms with Gasteiger partial charge in [0.15, 0.2) is 0 Å². The van der Waals surface area contributed by atoms with Gasteiger partial charge in [0.1, 0.15) is 0 Å². The first kappa shape index (κ1) is 17.4. The topological polar surface area (TPSA) is 49.4 Å². The van der Waals surface area contributed by atoms with E-state index in [1.165, 1.54) is 5.56 Å². The van der Waals surface area contributed by atoms with E-state index in [0.29, 0.717) is 23.9 Å². The molecule has 0 saturated carbocycles. The molecule has 1 aromatic rings. The summed E-state index contributed by atoms with van der Waals surface area (Å²) in [5, 5.41) is 3.17. The second-order valence-corrected chi connectivity index (χ2v) is 8.07. The van der Waals surface area contributed by atoms with Crippen LogP contribution in [0.5, 0.6) is 0 Å². The molecule has 1 N–H and O–H groups in total. The number of piperidine rings is 1. The second kappa shape index (κ2) is 8.09. The molecule has 22 heavy (non-hydrogen) atoms. The lowest BCUT2D eigenvalue weighted by Crippen LogP contribution is -2.38. The Morgan fingerprint density at radius 1 is 1.18 bits per heavy atom. The highest BCUT2D eigenvalue weighted by atomic mass is 32.2. The highest BCUT2D eigenvalue weighted by Crippen LogP contribution is 2.25. The Bertz CT molecular complexity index is 547. The van der Waals surface area contributed by atoms with Crippen LogP contribution in [0.4, 0.5) is 0 Å². The molecule has 0 unspecified atom stereocenters. The third-order valence-electron chi connectivity index (χ3n) is 4.48. The zero-order valence-electron chi connectivity index (χ0n) is 13.7. The fraction of sp³-hybridized carbons (Fsp3) is 0.647. The van der Waals surface area contributed by atoms with E-state index >= 15 is 0 Å². The Hall–Kier alpha value is -0.910. The van der Waals surface area contributed by atoms with Crippen LogP contribution in [0, 0.1) is 5.92 Å². The predicted molar refractivity (Wildman–Crippen MR) is 90.5 cm³/mol. The van der Waals surface area contributed by atoms with Crippen LogP contribution in [-0.2, 0) is 16.4 Å². The van der Waals surface area contributed by atoms with Crippen molar-refractivity contribution in [3.05, 3.63) is 29.8 Å². The lowest BCUT2D eigenvalue weighted by Gasteiger charge is -2.31. The third-order valence-corrected chi connectivity index (χ3v) is 6.39. The lowest BCUT2D eigenvalue weighted by molar-refractivity contribution is 0.263. The van der Waals surface area contributed by atoms with Gasteiger partial charge in [-0.05, 0) is 62.9 Å². The van der Waals surface area contributed by atoms with E-state index in [0.717, 1.165) is 38.6 Å². The summed E-state index contributed by atoms with van der Waals surface area (Å²) in [5.41, 5.74) is 1.20. The van der Waals surface area contributed by atoms with Gasteiger partial charge in [-0.3, -0.25) is 0 Å². The summed E-state index contributed by atoms with van der Waals surface area (Å²) in [5.74, 6) is 0.644. The standard InChI is InChI=1S/C17H28N2O2S/c1-3-4-15-5-7-17(8-6-15)22(20,21)19-13-10-16(11-14-19)9-12-18-2/h5-8,16,18H,3-4,9-14H2,1-2H3. The first-order valence-corrected chi connectivity index (χ1v) is 9.75. The molecule has 0 radical (unpaired) electrons. The minimum absolute atomic E-state index is 0.432. The average Bonchev–Trinajstić information content (AvgIpc) is 2.54. The average molecular weight is 324 g/mol. The van der Waals surface area contributed by atoms with Crippen molar-refractivity contribution < 1.29 is 8.42 Å². The Kier molecular flexibility index (Phi) is 6.41. The Morgan fingerprint density at radius 3 is 2.36 bits per heavy atom. The van der Waals surface area contributed by atoms with Crippen molar-refractivity contribution >= 4 is 10.0 Å². The maximum absolute atomic E-state index is 12.7. The summed E-state index contributed by atoms with van der Waals surface area (Å²) in [6.07, 6.45) is 5.14. The summed E-state index contributed by atoms with van der Waals surface area (Å²) in [7, 11) is -1.36. The molecule has 1 aliphatic heterocycles. The van der Waals surface area contributed by atoms with Gasteiger partial charge in [0, 0.05) is 13.1 Å². The van der Waals surface area contributed by atoms with Gasteiger partial charge in [0.05, 0.1) is 4.90 Å². The van der Waals surface area contributed by atoms with Gasteiger partial charge in [0.2, 0.25) is 10.0 Å². The van der Waals surface area contributed by atoms with Crippen LogP contribution >= 0.6 is 0 Å². The molecule has 0 atom stereocenters. The molecule has 1 aromatic carbocycles. The molecule has 0 amide bonds. The van der Waals surface area contributed by atoms with E-state index in [4.69, 9.17) is 0 Å². The maximum Gasteiger partial charge on any atom is 0.243 e. The molecule has 0 aromatic heterocycles. The number of aryl methyl sites for hydroxylation is 1. The van der Waals surface area contributed by atoms with Gasteiger partial charge < -0.3 is 5.32 Å². The molecule has 1 aliphatic rings. The summed E-state index contributed by atoms with van der Waals surface area (Å²) < 4.78 is 27.0. The van der Waals surface area contributed by atoms with Gasteiger partial charge >= 0.3 is 0 Å². The molecular weight excluding hydrogens is 296 g/mol. The third kappa shape index (κ3) is 4.31. The van der Waals surface area contributed by atoms with Crippen molar-refractivity contribution in [2.75, 3.05) is 26.7 Å². The predicted octanol–water partition coefficient (Wildman–Crippen LogP) is 2.65. The summed E-state index contributed by atoms with van der Waals surface area (Å²) >= 11 is 0. The fourth-order valence-electron chi connectivity index (χ4n) is 3.05.